The highest BCUT2D eigenvalue weighted by molar-refractivity contribution is 7.92. The van der Waals surface area contributed by atoms with Gasteiger partial charge in [-0.2, -0.15) is 0 Å². The minimum Gasteiger partial charge on any atom is -0.356 e. The second-order valence-corrected chi connectivity index (χ2v) is 10.1. The molecule has 160 valence electrons. The number of rotatable bonds is 8. The van der Waals surface area contributed by atoms with Crippen LogP contribution in [0.25, 0.3) is 0 Å². The van der Waals surface area contributed by atoms with Gasteiger partial charge in [0.05, 0.1) is 10.1 Å². The molecule has 7 heteroatoms. The first kappa shape index (κ1) is 22.0. The van der Waals surface area contributed by atoms with Crippen molar-refractivity contribution in [2.75, 3.05) is 18.0 Å². The van der Waals surface area contributed by atoms with Gasteiger partial charge in [0.1, 0.15) is 0 Å². The molecule has 1 heterocycles. The van der Waals surface area contributed by atoms with Gasteiger partial charge >= 0.3 is 0 Å². The molecular formula is C23H28N2O4S. The van der Waals surface area contributed by atoms with Crippen LogP contribution in [0.15, 0.2) is 53.4 Å². The maximum atomic E-state index is 12.9. The summed E-state index contributed by atoms with van der Waals surface area (Å²) in [6.45, 7) is 4.14. The first-order valence-electron chi connectivity index (χ1n) is 10.2. The average molecular weight is 429 g/mol. The van der Waals surface area contributed by atoms with E-state index in [-0.39, 0.29) is 23.1 Å². The Bertz CT molecular complexity index is 1020. The molecule has 1 N–H and O–H groups in total. The maximum Gasteiger partial charge on any atom is 0.223 e. The molecule has 1 aliphatic rings. The lowest BCUT2D eigenvalue weighted by Gasteiger charge is -2.16. The van der Waals surface area contributed by atoms with Crippen molar-refractivity contribution in [1.29, 1.82) is 0 Å². The number of carbonyl (C=O) groups excluding carboxylic acids is 2. The van der Waals surface area contributed by atoms with E-state index in [4.69, 9.17) is 0 Å². The lowest BCUT2D eigenvalue weighted by atomic mass is 10.1. The molecule has 0 aliphatic carbocycles. The fourth-order valence-electron chi connectivity index (χ4n) is 3.72. The highest BCUT2D eigenvalue weighted by Gasteiger charge is 2.29. The Labute approximate surface area is 178 Å². The molecule has 6 nitrogen and oxygen atoms in total. The minimum atomic E-state index is -3.63. The number of sulfone groups is 1. The number of hydrogen-bond acceptors (Lipinski definition) is 4. The molecule has 30 heavy (non-hydrogen) atoms. The van der Waals surface area contributed by atoms with E-state index in [1.54, 1.807) is 24.0 Å². The van der Waals surface area contributed by atoms with Crippen LogP contribution in [-0.2, 0) is 32.3 Å². The van der Waals surface area contributed by atoms with Gasteiger partial charge in [-0.25, -0.2) is 8.42 Å². The van der Waals surface area contributed by atoms with Crippen molar-refractivity contribution in [3.05, 3.63) is 59.7 Å². The zero-order valence-corrected chi connectivity index (χ0v) is 18.2. The topological polar surface area (TPSA) is 83.6 Å². The van der Waals surface area contributed by atoms with Crippen molar-refractivity contribution in [2.24, 2.45) is 0 Å². The number of benzene rings is 2. The van der Waals surface area contributed by atoms with E-state index in [0.29, 0.717) is 19.5 Å². The van der Waals surface area contributed by atoms with E-state index in [0.717, 1.165) is 24.1 Å². The number of anilines is 1. The summed E-state index contributed by atoms with van der Waals surface area (Å²) in [7, 11) is -3.63. The molecule has 3 rings (SSSR count). The Morgan fingerprint density at radius 2 is 1.87 bits per heavy atom. The van der Waals surface area contributed by atoms with E-state index in [1.807, 2.05) is 30.3 Å². The van der Waals surface area contributed by atoms with E-state index in [2.05, 4.69) is 5.32 Å². The summed E-state index contributed by atoms with van der Waals surface area (Å²) in [6.07, 6.45) is 2.22. The average Bonchev–Trinajstić information content (AvgIpc) is 3.15. The Morgan fingerprint density at radius 1 is 1.13 bits per heavy atom. The lowest BCUT2D eigenvalue weighted by Crippen LogP contribution is -2.31. The van der Waals surface area contributed by atoms with Crippen LogP contribution >= 0.6 is 0 Å². The zero-order chi connectivity index (χ0) is 21.7. The van der Waals surface area contributed by atoms with E-state index >= 15 is 0 Å². The van der Waals surface area contributed by atoms with Crippen LogP contribution in [0.1, 0.15) is 37.8 Å². The fraction of sp³-hybridized carbons (Fsp3) is 0.391. The van der Waals surface area contributed by atoms with Gasteiger partial charge < -0.3 is 10.2 Å². The molecule has 0 radical (unpaired) electrons. The number of amides is 2. The molecule has 2 aromatic carbocycles. The lowest BCUT2D eigenvalue weighted by molar-refractivity contribution is -0.121. The molecule has 2 aromatic rings. The number of hydrogen-bond donors (Lipinski definition) is 1. The van der Waals surface area contributed by atoms with Crippen molar-refractivity contribution in [2.45, 2.75) is 49.7 Å². The van der Waals surface area contributed by atoms with Crippen molar-refractivity contribution in [3.8, 4) is 0 Å². The Kier molecular flexibility index (Phi) is 6.92. The van der Waals surface area contributed by atoms with E-state index in [9.17, 15) is 18.0 Å². The van der Waals surface area contributed by atoms with Crippen LogP contribution in [-0.4, -0.2) is 38.6 Å². The second kappa shape index (κ2) is 9.43. The van der Waals surface area contributed by atoms with Crippen LogP contribution in [0.2, 0.25) is 0 Å². The first-order chi connectivity index (χ1) is 14.3. The standard InChI is InChI=1S/C23H28N2O4S/c1-17(15-23(27)24-13-6-9-19-7-4-3-5-8-19)30(28,29)21-10-11-22-20(16-21)12-14-25(22)18(2)26/h3-5,7-8,10-11,16-17H,6,9,12-15H2,1-2H3,(H,24,27). The molecule has 0 bridgehead atoms. The van der Waals surface area contributed by atoms with Gasteiger partial charge in [0.25, 0.3) is 0 Å². The third-order valence-corrected chi connectivity index (χ3v) is 7.60. The molecule has 1 unspecified atom stereocenters. The van der Waals surface area contributed by atoms with Crippen LogP contribution in [0, 0.1) is 0 Å². The van der Waals surface area contributed by atoms with Crippen molar-refractivity contribution in [1.82, 2.24) is 5.32 Å². The van der Waals surface area contributed by atoms with Crippen LogP contribution in [0.5, 0.6) is 0 Å². The highest BCUT2D eigenvalue weighted by atomic mass is 32.2. The van der Waals surface area contributed by atoms with E-state index < -0.39 is 15.1 Å². The molecular weight excluding hydrogens is 400 g/mol. The van der Waals surface area contributed by atoms with Gasteiger partial charge in [0, 0.05) is 32.1 Å². The molecule has 0 spiro atoms. The molecule has 1 aliphatic heterocycles. The smallest absolute Gasteiger partial charge is 0.223 e. The second-order valence-electron chi connectivity index (χ2n) is 7.71. The Balaban J connectivity index is 1.54. The fourth-order valence-corrected chi connectivity index (χ4v) is 5.12. The van der Waals surface area contributed by atoms with Crippen molar-refractivity contribution in [3.63, 3.8) is 0 Å². The summed E-state index contributed by atoms with van der Waals surface area (Å²) >= 11 is 0. The molecule has 1 atom stereocenters. The van der Waals surface area contributed by atoms with Gasteiger partial charge in [-0.05, 0) is 55.5 Å². The van der Waals surface area contributed by atoms with E-state index in [1.165, 1.54) is 18.6 Å². The number of fused-ring (bicyclic) bond motifs is 1. The summed E-state index contributed by atoms with van der Waals surface area (Å²) in [6, 6.07) is 14.9. The molecule has 0 saturated heterocycles. The van der Waals surface area contributed by atoms with Gasteiger partial charge in [0.15, 0.2) is 9.84 Å². The summed E-state index contributed by atoms with van der Waals surface area (Å²) < 4.78 is 25.9. The third-order valence-electron chi connectivity index (χ3n) is 5.46. The quantitative estimate of drug-likeness (QED) is 0.656. The summed E-state index contributed by atoms with van der Waals surface area (Å²) in [5.41, 5.74) is 2.83. The van der Waals surface area contributed by atoms with Crippen molar-refractivity contribution < 1.29 is 18.0 Å². The highest BCUT2D eigenvalue weighted by Crippen LogP contribution is 2.31. The largest absolute Gasteiger partial charge is 0.356 e. The number of carbonyl (C=O) groups is 2. The minimum absolute atomic E-state index is 0.0540. The van der Waals surface area contributed by atoms with Crippen molar-refractivity contribution >= 4 is 27.3 Å². The Hall–Kier alpha value is -2.67. The van der Waals surface area contributed by atoms with Crippen LogP contribution < -0.4 is 10.2 Å². The zero-order valence-electron chi connectivity index (χ0n) is 17.4. The van der Waals surface area contributed by atoms with Gasteiger partial charge in [0.2, 0.25) is 11.8 Å². The summed E-state index contributed by atoms with van der Waals surface area (Å²) in [5.74, 6) is -0.315. The number of nitrogens with zero attached hydrogens (tertiary/aromatic N) is 1. The molecule has 0 saturated carbocycles. The SMILES string of the molecule is CC(=O)N1CCc2cc(S(=O)(=O)C(C)CC(=O)NCCCc3ccccc3)ccc21. The summed E-state index contributed by atoms with van der Waals surface area (Å²) in [4.78, 5) is 25.8. The first-order valence-corrected chi connectivity index (χ1v) is 11.8. The third kappa shape index (κ3) is 5.08. The van der Waals surface area contributed by atoms with Gasteiger partial charge in [-0.15, -0.1) is 0 Å². The Morgan fingerprint density at radius 3 is 2.57 bits per heavy atom. The van der Waals surface area contributed by atoms with Crippen LogP contribution in [0.3, 0.4) is 0 Å². The summed E-state index contributed by atoms with van der Waals surface area (Å²) in [5, 5.41) is 2.00. The number of nitrogens with one attached hydrogen (secondary N) is 1. The molecule has 0 fully saturated rings. The van der Waals surface area contributed by atoms with Gasteiger partial charge in [-0.3, -0.25) is 9.59 Å². The monoisotopic (exact) mass is 428 g/mol. The predicted molar refractivity (Wildman–Crippen MR) is 117 cm³/mol. The predicted octanol–water partition coefficient (Wildman–Crippen LogP) is 2.90. The molecule has 0 aromatic heterocycles. The number of aryl methyl sites for hydroxylation is 1. The van der Waals surface area contributed by atoms with Gasteiger partial charge in [-0.1, -0.05) is 30.3 Å². The molecule has 2 amide bonds. The normalized spacial score (nSPS) is 14.3. The van der Waals surface area contributed by atoms with Crippen LogP contribution in [0.4, 0.5) is 5.69 Å². The maximum absolute atomic E-state index is 12.9.